The van der Waals surface area contributed by atoms with Gasteiger partial charge in [-0.3, -0.25) is 9.59 Å². The minimum Gasteiger partial charge on any atom is -0.345 e. The van der Waals surface area contributed by atoms with E-state index in [1.807, 2.05) is 6.92 Å². The van der Waals surface area contributed by atoms with Gasteiger partial charge in [0.25, 0.3) is 5.91 Å². The zero-order valence-corrected chi connectivity index (χ0v) is 15.3. The van der Waals surface area contributed by atoms with E-state index in [0.717, 1.165) is 24.2 Å². The molecule has 2 aromatic rings. The lowest BCUT2D eigenvalue weighted by molar-refractivity contribution is -0.117. The molecule has 130 valence electrons. The summed E-state index contributed by atoms with van der Waals surface area (Å²) in [6.07, 6.45) is 1.46. The zero-order valence-electron chi connectivity index (χ0n) is 13.8. The summed E-state index contributed by atoms with van der Waals surface area (Å²) in [5.74, 6) is -0.0685. The van der Waals surface area contributed by atoms with Crippen LogP contribution in [0, 0.1) is 0 Å². The van der Waals surface area contributed by atoms with Crippen LogP contribution in [0.1, 0.15) is 41.7 Å². The summed E-state index contributed by atoms with van der Waals surface area (Å²) in [5.41, 5.74) is 2.17. The standard InChI is InChI=1S/C19H18Cl2N2O2/c1-12(16-9-6-14(20)11-17(16)21)22-19(25)13-4-7-15(8-5-13)23-10-2-3-18(23)24/h4-9,11-12H,2-3,10H2,1H3,(H,22,25). The van der Waals surface area contributed by atoms with Gasteiger partial charge in [-0.1, -0.05) is 29.3 Å². The van der Waals surface area contributed by atoms with Crippen molar-refractivity contribution in [3.63, 3.8) is 0 Å². The SMILES string of the molecule is CC(NC(=O)c1ccc(N2CCCC2=O)cc1)c1ccc(Cl)cc1Cl. The molecule has 1 fully saturated rings. The van der Waals surface area contributed by atoms with Crippen LogP contribution in [0.15, 0.2) is 42.5 Å². The molecule has 25 heavy (non-hydrogen) atoms. The number of carbonyl (C=O) groups excluding carboxylic acids is 2. The van der Waals surface area contributed by atoms with Gasteiger partial charge < -0.3 is 10.2 Å². The number of anilines is 1. The van der Waals surface area contributed by atoms with Crippen LogP contribution in [0.25, 0.3) is 0 Å². The Morgan fingerprint density at radius 3 is 2.48 bits per heavy atom. The summed E-state index contributed by atoms with van der Waals surface area (Å²) in [7, 11) is 0. The maximum Gasteiger partial charge on any atom is 0.251 e. The lowest BCUT2D eigenvalue weighted by Gasteiger charge is -2.18. The van der Waals surface area contributed by atoms with Gasteiger partial charge >= 0.3 is 0 Å². The van der Waals surface area contributed by atoms with E-state index in [1.165, 1.54) is 0 Å². The predicted octanol–water partition coefficient (Wildman–Crippen LogP) is 4.61. The molecule has 1 unspecified atom stereocenters. The number of halogens is 2. The minimum absolute atomic E-state index is 0.128. The lowest BCUT2D eigenvalue weighted by Crippen LogP contribution is -2.27. The summed E-state index contributed by atoms with van der Waals surface area (Å²) in [4.78, 5) is 26.0. The monoisotopic (exact) mass is 376 g/mol. The van der Waals surface area contributed by atoms with Crippen molar-refractivity contribution in [2.45, 2.75) is 25.8 Å². The zero-order chi connectivity index (χ0) is 18.0. The molecular weight excluding hydrogens is 359 g/mol. The van der Waals surface area contributed by atoms with E-state index in [-0.39, 0.29) is 17.9 Å². The molecule has 1 heterocycles. The Morgan fingerprint density at radius 2 is 1.88 bits per heavy atom. The smallest absolute Gasteiger partial charge is 0.251 e. The molecule has 1 aliphatic heterocycles. The Bertz CT molecular complexity index is 806. The maximum absolute atomic E-state index is 12.4. The van der Waals surface area contributed by atoms with Crippen molar-refractivity contribution in [3.05, 3.63) is 63.6 Å². The van der Waals surface area contributed by atoms with Crippen molar-refractivity contribution in [2.24, 2.45) is 0 Å². The topological polar surface area (TPSA) is 49.4 Å². The number of hydrogen-bond donors (Lipinski definition) is 1. The van der Waals surface area contributed by atoms with Crippen molar-refractivity contribution in [3.8, 4) is 0 Å². The maximum atomic E-state index is 12.4. The second kappa shape index (κ2) is 7.46. The first-order chi connectivity index (χ1) is 12.0. The Kier molecular flexibility index (Phi) is 5.30. The molecule has 0 radical (unpaired) electrons. The van der Waals surface area contributed by atoms with Crippen molar-refractivity contribution in [2.75, 3.05) is 11.4 Å². The molecule has 0 aliphatic carbocycles. The largest absolute Gasteiger partial charge is 0.345 e. The predicted molar refractivity (Wildman–Crippen MR) is 100 cm³/mol. The molecule has 4 nitrogen and oxygen atoms in total. The van der Waals surface area contributed by atoms with E-state index in [2.05, 4.69) is 5.32 Å². The van der Waals surface area contributed by atoms with E-state index in [0.29, 0.717) is 22.0 Å². The van der Waals surface area contributed by atoms with Crippen molar-refractivity contribution in [1.29, 1.82) is 0 Å². The fourth-order valence-electron chi connectivity index (χ4n) is 2.92. The number of benzene rings is 2. The van der Waals surface area contributed by atoms with Crippen LogP contribution < -0.4 is 10.2 Å². The summed E-state index contributed by atoms with van der Waals surface area (Å²) in [6, 6.07) is 12.0. The molecule has 3 rings (SSSR count). The van der Waals surface area contributed by atoms with Gasteiger partial charge in [0.05, 0.1) is 6.04 Å². The normalized spacial score (nSPS) is 15.3. The van der Waals surface area contributed by atoms with Gasteiger partial charge in [-0.15, -0.1) is 0 Å². The summed E-state index contributed by atoms with van der Waals surface area (Å²) in [6.45, 7) is 2.60. The highest BCUT2D eigenvalue weighted by atomic mass is 35.5. The van der Waals surface area contributed by atoms with Crippen LogP contribution >= 0.6 is 23.2 Å². The first-order valence-corrected chi connectivity index (χ1v) is 8.87. The van der Waals surface area contributed by atoms with Gasteiger partial charge in [-0.05, 0) is 55.3 Å². The Morgan fingerprint density at radius 1 is 1.16 bits per heavy atom. The van der Waals surface area contributed by atoms with Crippen molar-refractivity contribution in [1.82, 2.24) is 5.32 Å². The van der Waals surface area contributed by atoms with Crippen LogP contribution in [-0.4, -0.2) is 18.4 Å². The second-order valence-electron chi connectivity index (χ2n) is 6.06. The van der Waals surface area contributed by atoms with Crippen LogP contribution in [0.4, 0.5) is 5.69 Å². The molecule has 1 saturated heterocycles. The molecule has 0 bridgehead atoms. The van der Waals surface area contributed by atoms with Crippen LogP contribution in [-0.2, 0) is 4.79 Å². The van der Waals surface area contributed by atoms with E-state index < -0.39 is 0 Å². The molecule has 2 amide bonds. The highest BCUT2D eigenvalue weighted by Gasteiger charge is 2.22. The minimum atomic E-state index is -0.253. The van der Waals surface area contributed by atoms with Gasteiger partial charge in [-0.2, -0.15) is 0 Å². The lowest BCUT2D eigenvalue weighted by atomic mass is 10.1. The Balaban J connectivity index is 1.69. The van der Waals surface area contributed by atoms with Gasteiger partial charge in [0.1, 0.15) is 0 Å². The fraction of sp³-hybridized carbons (Fsp3) is 0.263. The molecular formula is C19H18Cl2N2O2. The third kappa shape index (κ3) is 3.97. The van der Waals surface area contributed by atoms with Gasteiger partial charge in [0, 0.05) is 34.3 Å². The number of amides is 2. The number of nitrogens with zero attached hydrogens (tertiary/aromatic N) is 1. The van der Waals surface area contributed by atoms with E-state index in [4.69, 9.17) is 23.2 Å². The third-order valence-corrected chi connectivity index (χ3v) is 4.85. The van der Waals surface area contributed by atoms with Gasteiger partial charge in [-0.25, -0.2) is 0 Å². The van der Waals surface area contributed by atoms with Gasteiger partial charge in [0.2, 0.25) is 5.91 Å². The fourth-order valence-corrected chi connectivity index (χ4v) is 3.50. The van der Waals surface area contributed by atoms with E-state index in [1.54, 1.807) is 47.4 Å². The number of rotatable bonds is 4. The molecule has 1 atom stereocenters. The van der Waals surface area contributed by atoms with E-state index in [9.17, 15) is 9.59 Å². The summed E-state index contributed by atoms with van der Waals surface area (Å²) in [5, 5.41) is 4.00. The van der Waals surface area contributed by atoms with Crippen molar-refractivity contribution >= 4 is 40.7 Å². The number of nitrogens with one attached hydrogen (secondary N) is 1. The number of carbonyl (C=O) groups is 2. The highest BCUT2D eigenvalue weighted by molar-refractivity contribution is 6.35. The van der Waals surface area contributed by atoms with Gasteiger partial charge in [0.15, 0.2) is 0 Å². The first-order valence-electron chi connectivity index (χ1n) is 8.12. The summed E-state index contributed by atoms with van der Waals surface area (Å²) >= 11 is 12.1. The quantitative estimate of drug-likeness (QED) is 0.846. The molecule has 2 aromatic carbocycles. The number of hydrogen-bond acceptors (Lipinski definition) is 2. The molecule has 6 heteroatoms. The average Bonchev–Trinajstić information content (AvgIpc) is 3.00. The van der Waals surface area contributed by atoms with Crippen LogP contribution in [0.5, 0.6) is 0 Å². The molecule has 0 spiro atoms. The summed E-state index contributed by atoms with van der Waals surface area (Å²) < 4.78 is 0. The van der Waals surface area contributed by atoms with Crippen molar-refractivity contribution < 1.29 is 9.59 Å². The molecule has 0 aromatic heterocycles. The highest BCUT2D eigenvalue weighted by Crippen LogP contribution is 2.26. The average molecular weight is 377 g/mol. The molecule has 1 aliphatic rings. The first kappa shape index (κ1) is 17.8. The van der Waals surface area contributed by atoms with Crippen LogP contribution in [0.2, 0.25) is 10.0 Å². The second-order valence-corrected chi connectivity index (χ2v) is 6.90. The Labute approximate surface area is 156 Å². The van der Waals surface area contributed by atoms with E-state index >= 15 is 0 Å². The molecule has 1 N–H and O–H groups in total. The van der Waals surface area contributed by atoms with Crippen LogP contribution in [0.3, 0.4) is 0 Å². The molecule has 0 saturated carbocycles. The third-order valence-electron chi connectivity index (χ3n) is 4.29. The Hall–Kier alpha value is -2.04.